The Morgan fingerprint density at radius 2 is 2.10 bits per heavy atom. The summed E-state index contributed by atoms with van der Waals surface area (Å²) >= 11 is 0. The Morgan fingerprint density at radius 1 is 1.35 bits per heavy atom. The molecule has 0 saturated carbocycles. The van der Waals surface area contributed by atoms with Crippen LogP contribution >= 0.6 is 0 Å². The van der Waals surface area contributed by atoms with Crippen LogP contribution in [-0.2, 0) is 16.6 Å². The number of hydrogen-bond acceptors (Lipinski definition) is 4. The first-order chi connectivity index (χ1) is 9.54. The van der Waals surface area contributed by atoms with Gasteiger partial charge in [0.25, 0.3) is 0 Å². The fraction of sp³-hybridized carbons (Fsp3) is 0.571. The predicted molar refractivity (Wildman–Crippen MR) is 77.8 cm³/mol. The highest BCUT2D eigenvalue weighted by atomic mass is 32.2. The Labute approximate surface area is 120 Å². The quantitative estimate of drug-likeness (QED) is 0.849. The number of piperidine rings is 1. The van der Waals surface area contributed by atoms with Gasteiger partial charge in [-0.25, -0.2) is 13.1 Å². The van der Waals surface area contributed by atoms with Gasteiger partial charge in [-0.05, 0) is 38.1 Å². The van der Waals surface area contributed by atoms with Crippen molar-refractivity contribution in [3.63, 3.8) is 0 Å². The van der Waals surface area contributed by atoms with Crippen molar-refractivity contribution >= 4 is 10.0 Å². The van der Waals surface area contributed by atoms with Crippen LogP contribution in [0.1, 0.15) is 24.8 Å². The number of aliphatic hydroxyl groups excluding tert-OH is 1. The molecule has 0 bridgehead atoms. The van der Waals surface area contributed by atoms with Crippen LogP contribution in [0.15, 0.2) is 29.2 Å². The number of rotatable bonds is 5. The average molecular weight is 298 g/mol. The standard InChI is InChI=1S/C14H22N2O3S/c1-16-9-5-4-7-13(16)10-15-20(18,19)14-8-3-2-6-12(14)11-17/h2-3,6,8,13,15,17H,4-5,7,9-11H2,1H3. The molecule has 2 N–H and O–H groups in total. The zero-order chi connectivity index (χ0) is 14.6. The van der Waals surface area contributed by atoms with Crippen molar-refractivity contribution < 1.29 is 13.5 Å². The van der Waals surface area contributed by atoms with Crippen LogP contribution in [0.4, 0.5) is 0 Å². The second kappa shape index (κ2) is 6.67. The molecule has 0 amide bonds. The van der Waals surface area contributed by atoms with Gasteiger partial charge in [-0.2, -0.15) is 0 Å². The highest BCUT2D eigenvalue weighted by molar-refractivity contribution is 7.89. The fourth-order valence-corrected chi connectivity index (χ4v) is 3.89. The van der Waals surface area contributed by atoms with Gasteiger partial charge in [-0.1, -0.05) is 24.6 Å². The van der Waals surface area contributed by atoms with Gasteiger partial charge in [0.15, 0.2) is 0 Å². The number of likely N-dealkylation sites (N-methyl/N-ethyl adjacent to an activating group) is 1. The molecular formula is C14H22N2O3S. The number of aliphatic hydroxyl groups is 1. The summed E-state index contributed by atoms with van der Waals surface area (Å²) in [5.74, 6) is 0. The Bertz CT molecular complexity index is 545. The molecule has 5 nitrogen and oxygen atoms in total. The number of likely N-dealkylation sites (tertiary alicyclic amines) is 1. The highest BCUT2D eigenvalue weighted by Crippen LogP contribution is 2.17. The summed E-state index contributed by atoms with van der Waals surface area (Å²) in [6.45, 7) is 1.15. The van der Waals surface area contributed by atoms with E-state index in [1.165, 1.54) is 12.5 Å². The second-order valence-electron chi connectivity index (χ2n) is 5.25. The fourth-order valence-electron chi connectivity index (χ4n) is 2.58. The summed E-state index contributed by atoms with van der Waals surface area (Å²) in [5, 5.41) is 9.24. The lowest BCUT2D eigenvalue weighted by Crippen LogP contribution is -2.44. The zero-order valence-corrected chi connectivity index (χ0v) is 12.6. The highest BCUT2D eigenvalue weighted by Gasteiger charge is 2.23. The first-order valence-electron chi connectivity index (χ1n) is 6.93. The Hall–Kier alpha value is -0.950. The summed E-state index contributed by atoms with van der Waals surface area (Å²) in [6, 6.07) is 6.79. The number of hydrogen-bond donors (Lipinski definition) is 2. The molecule has 2 rings (SSSR count). The monoisotopic (exact) mass is 298 g/mol. The summed E-state index contributed by atoms with van der Waals surface area (Å²) in [7, 11) is -1.53. The smallest absolute Gasteiger partial charge is 0.240 e. The molecule has 1 aromatic rings. The minimum absolute atomic E-state index is 0.168. The van der Waals surface area contributed by atoms with Gasteiger partial charge >= 0.3 is 0 Å². The van der Waals surface area contributed by atoms with Crippen molar-refractivity contribution in [3.8, 4) is 0 Å². The van der Waals surface area contributed by atoms with Gasteiger partial charge < -0.3 is 10.0 Å². The molecule has 1 aliphatic rings. The maximum Gasteiger partial charge on any atom is 0.240 e. The van der Waals surface area contributed by atoms with E-state index in [-0.39, 0.29) is 17.5 Å². The number of sulfonamides is 1. The third-order valence-corrected chi connectivity index (χ3v) is 5.39. The van der Waals surface area contributed by atoms with Gasteiger partial charge in [0, 0.05) is 12.6 Å². The minimum Gasteiger partial charge on any atom is -0.392 e. The first-order valence-corrected chi connectivity index (χ1v) is 8.41. The van der Waals surface area contributed by atoms with Gasteiger partial charge in [0.1, 0.15) is 0 Å². The largest absolute Gasteiger partial charge is 0.392 e. The lowest BCUT2D eigenvalue weighted by Gasteiger charge is -2.32. The SMILES string of the molecule is CN1CCCCC1CNS(=O)(=O)c1ccccc1CO. The van der Waals surface area contributed by atoms with Crippen molar-refractivity contribution in [1.82, 2.24) is 9.62 Å². The maximum absolute atomic E-state index is 12.3. The third-order valence-electron chi connectivity index (χ3n) is 3.86. The van der Waals surface area contributed by atoms with E-state index in [1.54, 1.807) is 18.2 Å². The Kier molecular flexibility index (Phi) is 5.15. The molecular weight excluding hydrogens is 276 g/mol. The van der Waals surface area contributed by atoms with Crippen LogP contribution < -0.4 is 4.72 Å². The molecule has 112 valence electrons. The summed E-state index contributed by atoms with van der Waals surface area (Å²) in [6.07, 6.45) is 3.33. The molecule has 1 aromatic carbocycles. The van der Waals surface area contributed by atoms with E-state index in [9.17, 15) is 13.5 Å². The van der Waals surface area contributed by atoms with Gasteiger partial charge in [0.05, 0.1) is 11.5 Å². The predicted octanol–water partition coefficient (Wildman–Crippen LogP) is 0.941. The molecule has 1 heterocycles. The summed E-state index contributed by atoms with van der Waals surface area (Å²) < 4.78 is 27.3. The third kappa shape index (κ3) is 3.58. The van der Waals surface area contributed by atoms with Crippen LogP contribution in [0.25, 0.3) is 0 Å². The van der Waals surface area contributed by atoms with Crippen molar-refractivity contribution in [2.24, 2.45) is 0 Å². The van der Waals surface area contributed by atoms with E-state index in [2.05, 4.69) is 9.62 Å². The zero-order valence-electron chi connectivity index (χ0n) is 11.7. The lowest BCUT2D eigenvalue weighted by atomic mass is 10.0. The number of nitrogens with zero attached hydrogens (tertiary/aromatic N) is 1. The molecule has 0 spiro atoms. The molecule has 1 fully saturated rings. The molecule has 1 saturated heterocycles. The number of nitrogens with one attached hydrogen (secondary N) is 1. The van der Waals surface area contributed by atoms with E-state index in [1.807, 2.05) is 7.05 Å². The number of benzene rings is 1. The Balaban J connectivity index is 2.07. The Morgan fingerprint density at radius 3 is 2.80 bits per heavy atom. The van der Waals surface area contributed by atoms with Gasteiger partial charge in [-0.3, -0.25) is 0 Å². The van der Waals surface area contributed by atoms with Gasteiger partial charge in [-0.15, -0.1) is 0 Å². The van der Waals surface area contributed by atoms with E-state index in [0.717, 1.165) is 19.4 Å². The molecule has 0 aromatic heterocycles. The topological polar surface area (TPSA) is 69.6 Å². The van der Waals surface area contributed by atoms with E-state index in [4.69, 9.17) is 0 Å². The summed E-state index contributed by atoms with van der Waals surface area (Å²) in [4.78, 5) is 2.37. The minimum atomic E-state index is -3.56. The molecule has 0 aliphatic carbocycles. The normalized spacial score (nSPS) is 21.0. The second-order valence-corrected chi connectivity index (χ2v) is 6.98. The van der Waals surface area contributed by atoms with E-state index < -0.39 is 10.0 Å². The summed E-state index contributed by atoms with van der Waals surface area (Å²) in [5.41, 5.74) is 0.428. The van der Waals surface area contributed by atoms with Crippen molar-refractivity contribution in [1.29, 1.82) is 0 Å². The lowest BCUT2D eigenvalue weighted by molar-refractivity contribution is 0.187. The maximum atomic E-state index is 12.3. The van der Waals surface area contributed by atoms with Gasteiger partial charge in [0.2, 0.25) is 10.0 Å². The molecule has 1 aliphatic heterocycles. The van der Waals surface area contributed by atoms with Crippen molar-refractivity contribution in [2.75, 3.05) is 20.1 Å². The molecule has 6 heteroatoms. The first kappa shape index (κ1) is 15.4. The van der Waals surface area contributed by atoms with Crippen LogP contribution in [0.2, 0.25) is 0 Å². The molecule has 0 radical (unpaired) electrons. The van der Waals surface area contributed by atoms with Crippen LogP contribution in [0, 0.1) is 0 Å². The van der Waals surface area contributed by atoms with Crippen LogP contribution in [0.5, 0.6) is 0 Å². The molecule has 1 unspecified atom stereocenters. The van der Waals surface area contributed by atoms with Crippen LogP contribution in [-0.4, -0.2) is 44.6 Å². The van der Waals surface area contributed by atoms with Crippen molar-refractivity contribution in [2.45, 2.75) is 36.8 Å². The molecule has 1 atom stereocenters. The van der Waals surface area contributed by atoms with Crippen molar-refractivity contribution in [3.05, 3.63) is 29.8 Å². The van der Waals surface area contributed by atoms with E-state index in [0.29, 0.717) is 12.1 Å². The average Bonchev–Trinajstić information content (AvgIpc) is 2.46. The molecule has 20 heavy (non-hydrogen) atoms. The van der Waals surface area contributed by atoms with E-state index >= 15 is 0 Å². The van der Waals surface area contributed by atoms with Crippen LogP contribution in [0.3, 0.4) is 0 Å².